The Morgan fingerprint density at radius 3 is 2.44 bits per heavy atom. The van der Waals surface area contributed by atoms with Gasteiger partial charge in [-0.25, -0.2) is 4.79 Å². The van der Waals surface area contributed by atoms with Crippen LogP contribution >= 0.6 is 0 Å². The highest BCUT2D eigenvalue weighted by atomic mass is 19.4. The largest absolute Gasteiger partial charge is 0.507 e. The molecule has 0 aliphatic heterocycles. The monoisotopic (exact) mass is 381 g/mol. The van der Waals surface area contributed by atoms with E-state index >= 15 is 0 Å². The van der Waals surface area contributed by atoms with Crippen molar-refractivity contribution in [3.8, 4) is 5.75 Å². The molecule has 0 aromatic heterocycles. The molecule has 0 fully saturated rings. The molecule has 144 valence electrons. The lowest BCUT2D eigenvalue weighted by atomic mass is 9.91. The quantitative estimate of drug-likeness (QED) is 0.611. The number of hydrogen-bond acceptors (Lipinski definition) is 5. The lowest BCUT2D eigenvalue weighted by Crippen LogP contribution is -2.50. The summed E-state index contributed by atoms with van der Waals surface area (Å²) in [4.78, 5) is 15.9. The van der Waals surface area contributed by atoms with Gasteiger partial charge in [0.05, 0.1) is 12.3 Å². The maximum atomic E-state index is 13.4. The zero-order chi connectivity index (χ0) is 20.2. The minimum Gasteiger partial charge on any atom is -0.507 e. The summed E-state index contributed by atoms with van der Waals surface area (Å²) in [5, 5.41) is 19.8. The molecule has 0 aliphatic rings. The molecule has 8 heteroatoms. The van der Waals surface area contributed by atoms with Crippen molar-refractivity contribution < 1.29 is 32.9 Å². The Kier molecular flexibility index (Phi) is 5.90. The zero-order valence-corrected chi connectivity index (χ0v) is 14.6. The molecule has 2 rings (SSSR count). The summed E-state index contributed by atoms with van der Waals surface area (Å²) in [5.74, 6) is -1.79. The Morgan fingerprint density at radius 1 is 1.22 bits per heavy atom. The van der Waals surface area contributed by atoms with E-state index in [1.165, 1.54) is 32.2 Å². The second-order valence-corrected chi connectivity index (χ2v) is 5.75. The number of esters is 1. The third-order valence-corrected chi connectivity index (χ3v) is 3.88. The predicted molar refractivity (Wildman–Crippen MR) is 93.1 cm³/mol. The molecule has 0 heterocycles. The van der Waals surface area contributed by atoms with Gasteiger partial charge in [0.1, 0.15) is 5.75 Å². The van der Waals surface area contributed by atoms with Gasteiger partial charge < -0.3 is 14.9 Å². The van der Waals surface area contributed by atoms with Gasteiger partial charge in [-0.3, -0.25) is 4.99 Å². The van der Waals surface area contributed by atoms with E-state index in [0.717, 1.165) is 12.1 Å². The summed E-state index contributed by atoms with van der Waals surface area (Å²) < 4.78 is 44.6. The van der Waals surface area contributed by atoms with Crippen LogP contribution in [0.25, 0.3) is 0 Å². The molecule has 0 saturated heterocycles. The van der Waals surface area contributed by atoms with Crippen molar-refractivity contribution in [2.75, 3.05) is 6.61 Å². The topological polar surface area (TPSA) is 79.1 Å². The maximum absolute atomic E-state index is 13.4. The lowest BCUT2D eigenvalue weighted by Gasteiger charge is -2.28. The van der Waals surface area contributed by atoms with E-state index in [4.69, 9.17) is 0 Å². The van der Waals surface area contributed by atoms with E-state index in [0.29, 0.717) is 16.8 Å². The number of para-hydroxylation sites is 1. The number of halogens is 3. The fourth-order valence-corrected chi connectivity index (χ4v) is 2.39. The van der Waals surface area contributed by atoms with Crippen LogP contribution in [-0.4, -0.2) is 35.2 Å². The molecule has 0 radical (unpaired) electrons. The third-order valence-electron chi connectivity index (χ3n) is 3.88. The van der Waals surface area contributed by atoms with Crippen molar-refractivity contribution in [3.05, 3.63) is 59.2 Å². The molecular weight excluding hydrogens is 363 g/mol. The number of phenolic OH excluding ortho intramolecular Hbond substituents is 1. The van der Waals surface area contributed by atoms with Gasteiger partial charge in [-0.1, -0.05) is 24.3 Å². The van der Waals surface area contributed by atoms with Crippen LogP contribution in [0, 0.1) is 6.92 Å². The standard InChI is InChI=1S/C19H18F3NO4/c1-3-27-17(25)18(26,19(20,21)22)14-8-9-15(12(2)10-14)23-11-13-6-4-5-7-16(13)24/h4-11,24,26H,3H2,1-2H3/t18-/m0/s1. The summed E-state index contributed by atoms with van der Waals surface area (Å²) in [6, 6.07) is 9.67. The number of nitrogens with zero attached hydrogens (tertiary/aromatic N) is 1. The van der Waals surface area contributed by atoms with Gasteiger partial charge in [-0.15, -0.1) is 0 Å². The number of aliphatic hydroxyl groups is 1. The molecule has 0 amide bonds. The van der Waals surface area contributed by atoms with E-state index in [2.05, 4.69) is 9.73 Å². The number of alkyl halides is 3. The Hall–Kier alpha value is -2.87. The van der Waals surface area contributed by atoms with Crippen LogP contribution in [0.15, 0.2) is 47.5 Å². The highest BCUT2D eigenvalue weighted by molar-refractivity contribution is 5.86. The smallest absolute Gasteiger partial charge is 0.432 e. The second kappa shape index (κ2) is 7.79. The van der Waals surface area contributed by atoms with Crippen molar-refractivity contribution in [3.63, 3.8) is 0 Å². The maximum Gasteiger partial charge on any atom is 0.432 e. The van der Waals surface area contributed by atoms with Crippen molar-refractivity contribution >= 4 is 17.9 Å². The fraction of sp³-hybridized carbons (Fsp3) is 0.263. The van der Waals surface area contributed by atoms with Crippen LogP contribution in [0.1, 0.15) is 23.6 Å². The fourth-order valence-electron chi connectivity index (χ4n) is 2.39. The number of benzene rings is 2. The average Bonchev–Trinajstić information content (AvgIpc) is 2.60. The first-order valence-electron chi connectivity index (χ1n) is 8.00. The molecule has 0 bridgehead atoms. The highest BCUT2D eigenvalue weighted by Crippen LogP contribution is 2.41. The lowest BCUT2D eigenvalue weighted by molar-refractivity contribution is -0.267. The molecule has 1 atom stereocenters. The van der Waals surface area contributed by atoms with Crippen molar-refractivity contribution in [2.24, 2.45) is 4.99 Å². The summed E-state index contributed by atoms with van der Waals surface area (Å²) >= 11 is 0. The van der Waals surface area contributed by atoms with Crippen molar-refractivity contribution in [1.29, 1.82) is 0 Å². The van der Waals surface area contributed by atoms with Gasteiger partial charge in [0.15, 0.2) is 0 Å². The Morgan fingerprint density at radius 2 is 1.89 bits per heavy atom. The first kappa shape index (κ1) is 20.4. The van der Waals surface area contributed by atoms with E-state index in [1.807, 2.05) is 0 Å². The molecule has 0 spiro atoms. The molecule has 2 N–H and O–H groups in total. The highest BCUT2D eigenvalue weighted by Gasteiger charge is 2.62. The second-order valence-electron chi connectivity index (χ2n) is 5.75. The number of ether oxygens (including phenoxy) is 1. The molecule has 2 aromatic rings. The number of aromatic hydroxyl groups is 1. The SMILES string of the molecule is CCOC(=O)[C@@](O)(c1ccc(N=Cc2ccccc2O)c(C)c1)C(F)(F)F. The van der Waals surface area contributed by atoms with Crippen molar-refractivity contribution in [1.82, 2.24) is 0 Å². The van der Waals surface area contributed by atoms with Gasteiger partial charge in [-0.2, -0.15) is 13.2 Å². The van der Waals surface area contributed by atoms with Crippen molar-refractivity contribution in [2.45, 2.75) is 25.6 Å². The van der Waals surface area contributed by atoms with E-state index in [-0.39, 0.29) is 12.4 Å². The molecule has 0 saturated carbocycles. The van der Waals surface area contributed by atoms with Gasteiger partial charge in [0.2, 0.25) is 0 Å². The van der Waals surface area contributed by atoms with Crippen LogP contribution in [0.3, 0.4) is 0 Å². The van der Waals surface area contributed by atoms with Gasteiger partial charge in [-0.05, 0) is 37.6 Å². The van der Waals surface area contributed by atoms with Gasteiger partial charge in [0, 0.05) is 17.3 Å². The Bertz CT molecular complexity index is 864. The number of rotatable bonds is 5. The van der Waals surface area contributed by atoms with Crippen LogP contribution in [0.2, 0.25) is 0 Å². The summed E-state index contributed by atoms with van der Waals surface area (Å²) in [6.45, 7) is 2.53. The summed E-state index contributed by atoms with van der Waals surface area (Å²) in [5.41, 5.74) is -3.39. The van der Waals surface area contributed by atoms with E-state index in [9.17, 15) is 28.2 Å². The Labute approximate surface area is 153 Å². The van der Waals surface area contributed by atoms with E-state index < -0.39 is 23.3 Å². The van der Waals surface area contributed by atoms with Gasteiger partial charge in [0.25, 0.3) is 5.60 Å². The normalized spacial score (nSPS) is 14.1. The molecule has 2 aromatic carbocycles. The number of aliphatic imine (C=N–C) groups is 1. The number of carbonyl (C=O) groups excluding carboxylic acids is 1. The molecular formula is C19H18F3NO4. The van der Waals surface area contributed by atoms with Crippen LogP contribution in [0.5, 0.6) is 5.75 Å². The van der Waals surface area contributed by atoms with Crippen LogP contribution in [-0.2, 0) is 15.1 Å². The minimum atomic E-state index is -5.26. The zero-order valence-electron chi connectivity index (χ0n) is 14.6. The Balaban J connectivity index is 2.42. The first-order chi connectivity index (χ1) is 12.6. The van der Waals surface area contributed by atoms with Gasteiger partial charge >= 0.3 is 12.1 Å². The molecule has 5 nitrogen and oxygen atoms in total. The third kappa shape index (κ3) is 4.11. The number of phenols is 1. The van der Waals surface area contributed by atoms with Crippen LogP contribution in [0.4, 0.5) is 18.9 Å². The molecule has 27 heavy (non-hydrogen) atoms. The average molecular weight is 381 g/mol. The summed E-state index contributed by atoms with van der Waals surface area (Å²) in [7, 11) is 0. The number of aryl methyl sites for hydroxylation is 1. The molecule has 0 unspecified atom stereocenters. The van der Waals surface area contributed by atoms with Crippen LogP contribution < -0.4 is 0 Å². The number of hydrogen-bond donors (Lipinski definition) is 2. The first-order valence-corrected chi connectivity index (χ1v) is 8.00. The number of carbonyl (C=O) groups is 1. The summed E-state index contributed by atoms with van der Waals surface area (Å²) in [6.07, 6.45) is -3.90. The van der Waals surface area contributed by atoms with E-state index in [1.54, 1.807) is 18.2 Å². The predicted octanol–water partition coefficient (Wildman–Crippen LogP) is 3.76. The molecule has 0 aliphatic carbocycles. The minimum absolute atomic E-state index is 0.00396.